The number of para-hydroxylation sites is 2. The van der Waals surface area contributed by atoms with Gasteiger partial charge in [0, 0.05) is 11.7 Å². The molecule has 1 N–H and O–H groups in total. The summed E-state index contributed by atoms with van der Waals surface area (Å²) in [4.78, 5) is 38.1. The van der Waals surface area contributed by atoms with Crippen molar-refractivity contribution >= 4 is 22.5 Å². The number of carbonyl (C=O) groups is 1. The zero-order valence-corrected chi connectivity index (χ0v) is 14.8. The Morgan fingerprint density at radius 2 is 1.69 bits per heavy atom. The Bertz CT molecular complexity index is 1050. The van der Waals surface area contributed by atoms with E-state index in [2.05, 4.69) is 5.32 Å². The van der Waals surface area contributed by atoms with Crippen LogP contribution in [0.25, 0.3) is 10.9 Å². The van der Waals surface area contributed by atoms with E-state index in [-0.39, 0.29) is 24.1 Å². The number of fused-ring (bicyclic) bond motifs is 1. The van der Waals surface area contributed by atoms with E-state index < -0.39 is 5.69 Å². The zero-order chi connectivity index (χ0) is 18.7. The highest BCUT2D eigenvalue weighted by molar-refractivity contribution is 5.91. The van der Waals surface area contributed by atoms with Crippen LogP contribution in [0.15, 0.2) is 64.2 Å². The van der Waals surface area contributed by atoms with Crippen LogP contribution in [0.3, 0.4) is 0 Å². The first-order chi connectivity index (χ1) is 12.5. The van der Waals surface area contributed by atoms with Gasteiger partial charge in [-0.3, -0.25) is 18.7 Å². The molecule has 0 aliphatic heterocycles. The minimum absolute atomic E-state index is 0.162. The third-order valence-electron chi connectivity index (χ3n) is 4.47. The maximum atomic E-state index is 12.9. The number of nitrogens with one attached hydrogen (secondary N) is 1. The van der Waals surface area contributed by atoms with Crippen LogP contribution >= 0.6 is 0 Å². The molecule has 0 spiro atoms. The molecule has 0 fully saturated rings. The highest BCUT2D eigenvalue weighted by atomic mass is 16.2. The number of hydrogen-bond donors (Lipinski definition) is 1. The Balaban J connectivity index is 2.08. The van der Waals surface area contributed by atoms with E-state index in [4.69, 9.17) is 0 Å². The molecule has 134 valence electrons. The molecule has 1 aromatic heterocycles. The van der Waals surface area contributed by atoms with Gasteiger partial charge in [-0.25, -0.2) is 4.79 Å². The van der Waals surface area contributed by atoms with Gasteiger partial charge < -0.3 is 5.32 Å². The molecule has 0 saturated heterocycles. The van der Waals surface area contributed by atoms with E-state index in [1.165, 1.54) is 9.13 Å². The van der Waals surface area contributed by atoms with Crippen molar-refractivity contribution in [2.24, 2.45) is 0 Å². The molecule has 1 amide bonds. The molecule has 0 saturated carbocycles. The van der Waals surface area contributed by atoms with Crippen LogP contribution in [-0.2, 0) is 11.3 Å². The maximum absolute atomic E-state index is 12.9. The molecule has 26 heavy (non-hydrogen) atoms. The summed E-state index contributed by atoms with van der Waals surface area (Å²) in [5, 5.41) is 3.20. The molecule has 6 nitrogen and oxygen atoms in total. The van der Waals surface area contributed by atoms with Crippen LogP contribution in [0.1, 0.15) is 26.3 Å². The van der Waals surface area contributed by atoms with Crippen molar-refractivity contribution in [1.29, 1.82) is 0 Å². The van der Waals surface area contributed by atoms with Crippen molar-refractivity contribution in [3.63, 3.8) is 0 Å². The van der Waals surface area contributed by atoms with Crippen molar-refractivity contribution in [2.45, 2.75) is 32.9 Å². The summed E-state index contributed by atoms with van der Waals surface area (Å²) in [6.45, 7) is 3.58. The number of amides is 1. The van der Waals surface area contributed by atoms with Crippen molar-refractivity contribution in [3.8, 4) is 0 Å². The summed E-state index contributed by atoms with van der Waals surface area (Å²) in [6.07, 6.45) is 0.643. The fraction of sp³-hybridized carbons (Fsp3) is 0.250. The number of nitrogens with zero attached hydrogens (tertiary/aromatic N) is 2. The summed E-state index contributed by atoms with van der Waals surface area (Å²) in [5.41, 5.74) is 0.335. The topological polar surface area (TPSA) is 73.1 Å². The molecule has 1 heterocycles. The number of benzene rings is 2. The predicted octanol–water partition coefficient (Wildman–Crippen LogP) is 2.77. The van der Waals surface area contributed by atoms with E-state index >= 15 is 0 Å². The summed E-state index contributed by atoms with van der Waals surface area (Å²) < 4.78 is 2.60. The largest absolute Gasteiger partial charge is 0.332 e. The van der Waals surface area contributed by atoms with E-state index in [0.29, 0.717) is 23.0 Å². The second kappa shape index (κ2) is 7.39. The van der Waals surface area contributed by atoms with Crippen LogP contribution in [0, 0.1) is 0 Å². The highest BCUT2D eigenvalue weighted by Gasteiger charge is 2.17. The maximum Gasteiger partial charge on any atom is 0.332 e. The highest BCUT2D eigenvalue weighted by Crippen LogP contribution is 2.12. The van der Waals surface area contributed by atoms with E-state index in [9.17, 15) is 14.4 Å². The Kier molecular flexibility index (Phi) is 5.02. The van der Waals surface area contributed by atoms with Gasteiger partial charge in [0.25, 0.3) is 5.56 Å². The number of aromatic nitrogens is 2. The lowest BCUT2D eigenvalue weighted by molar-refractivity contribution is -0.116. The van der Waals surface area contributed by atoms with Crippen LogP contribution in [-0.4, -0.2) is 15.0 Å². The van der Waals surface area contributed by atoms with Crippen LogP contribution < -0.4 is 16.6 Å². The van der Waals surface area contributed by atoms with Gasteiger partial charge in [0.2, 0.25) is 5.91 Å². The molecular weight excluding hydrogens is 330 g/mol. The molecule has 3 rings (SSSR count). The molecule has 2 aromatic carbocycles. The third kappa shape index (κ3) is 3.31. The van der Waals surface area contributed by atoms with Gasteiger partial charge in [-0.2, -0.15) is 0 Å². The predicted molar refractivity (Wildman–Crippen MR) is 103 cm³/mol. The van der Waals surface area contributed by atoms with Gasteiger partial charge >= 0.3 is 5.69 Å². The lowest BCUT2D eigenvalue weighted by Gasteiger charge is -2.17. The standard InChI is InChI=1S/C20H21N3O3/c1-3-14(2)23-19(25)16-11-7-8-12-17(16)22(20(23)26)13-18(24)21-15-9-5-4-6-10-15/h4-12,14H,3,13H2,1-2H3,(H,21,24)/t14-/m0/s1. The smallest absolute Gasteiger partial charge is 0.325 e. The summed E-state index contributed by atoms with van der Waals surface area (Å²) in [7, 11) is 0. The Morgan fingerprint density at radius 3 is 2.38 bits per heavy atom. The second-order valence-electron chi connectivity index (χ2n) is 6.23. The minimum atomic E-state index is -0.466. The molecule has 0 unspecified atom stereocenters. The van der Waals surface area contributed by atoms with Crippen LogP contribution in [0.4, 0.5) is 5.69 Å². The first-order valence-corrected chi connectivity index (χ1v) is 8.62. The summed E-state index contributed by atoms with van der Waals surface area (Å²) in [5.74, 6) is -0.321. The van der Waals surface area contributed by atoms with Gasteiger partial charge in [0.15, 0.2) is 0 Å². The summed E-state index contributed by atoms with van der Waals surface area (Å²) in [6, 6.07) is 15.7. The molecule has 1 atom stereocenters. The first-order valence-electron chi connectivity index (χ1n) is 8.62. The van der Waals surface area contributed by atoms with Gasteiger partial charge in [-0.15, -0.1) is 0 Å². The van der Waals surface area contributed by atoms with Gasteiger partial charge in [-0.1, -0.05) is 37.3 Å². The number of anilines is 1. The van der Waals surface area contributed by atoms with Crippen molar-refractivity contribution in [3.05, 3.63) is 75.4 Å². The SMILES string of the molecule is CC[C@H](C)n1c(=O)c2ccccc2n(CC(=O)Nc2ccccc2)c1=O. The average molecular weight is 351 g/mol. The number of rotatable bonds is 5. The lowest BCUT2D eigenvalue weighted by Crippen LogP contribution is -2.43. The Hall–Kier alpha value is -3.15. The minimum Gasteiger partial charge on any atom is -0.325 e. The third-order valence-corrected chi connectivity index (χ3v) is 4.47. The molecule has 6 heteroatoms. The molecule has 0 aliphatic carbocycles. The molecular formula is C20H21N3O3. The molecule has 0 bridgehead atoms. The van der Waals surface area contributed by atoms with Crippen LogP contribution in [0.2, 0.25) is 0 Å². The Morgan fingerprint density at radius 1 is 1.04 bits per heavy atom. The molecule has 0 radical (unpaired) electrons. The summed E-state index contributed by atoms with van der Waals surface area (Å²) >= 11 is 0. The molecule has 0 aliphatic rings. The lowest BCUT2D eigenvalue weighted by atomic mass is 10.2. The first kappa shape index (κ1) is 17.7. The van der Waals surface area contributed by atoms with Crippen molar-refractivity contribution in [2.75, 3.05) is 5.32 Å². The van der Waals surface area contributed by atoms with Gasteiger partial charge in [0.1, 0.15) is 6.54 Å². The van der Waals surface area contributed by atoms with Crippen molar-refractivity contribution in [1.82, 2.24) is 9.13 Å². The molecule has 3 aromatic rings. The zero-order valence-electron chi connectivity index (χ0n) is 14.8. The van der Waals surface area contributed by atoms with Gasteiger partial charge in [0.05, 0.1) is 10.9 Å². The van der Waals surface area contributed by atoms with Crippen molar-refractivity contribution < 1.29 is 4.79 Å². The van der Waals surface area contributed by atoms with E-state index in [1.54, 1.807) is 36.4 Å². The van der Waals surface area contributed by atoms with E-state index in [1.807, 2.05) is 32.0 Å². The van der Waals surface area contributed by atoms with Crippen LogP contribution in [0.5, 0.6) is 0 Å². The fourth-order valence-electron chi connectivity index (χ4n) is 2.93. The average Bonchev–Trinajstić information content (AvgIpc) is 2.66. The van der Waals surface area contributed by atoms with Gasteiger partial charge in [-0.05, 0) is 37.6 Å². The quantitative estimate of drug-likeness (QED) is 0.768. The van der Waals surface area contributed by atoms with E-state index in [0.717, 1.165) is 0 Å². The Labute approximate surface area is 150 Å². The monoisotopic (exact) mass is 351 g/mol. The second-order valence-corrected chi connectivity index (χ2v) is 6.23. The number of hydrogen-bond acceptors (Lipinski definition) is 3. The number of carbonyl (C=O) groups excluding carboxylic acids is 1. The fourth-order valence-corrected chi connectivity index (χ4v) is 2.93. The normalized spacial score (nSPS) is 12.1.